The Morgan fingerprint density at radius 2 is 2.13 bits per heavy atom. The zero-order valence-corrected chi connectivity index (χ0v) is 13.6. The van der Waals surface area contributed by atoms with E-state index in [0.29, 0.717) is 11.9 Å². The number of aryl methyl sites for hydroxylation is 2. The number of hydrogen-bond acceptors (Lipinski definition) is 4. The van der Waals surface area contributed by atoms with Gasteiger partial charge in [0.05, 0.1) is 11.7 Å². The highest BCUT2D eigenvalue weighted by molar-refractivity contribution is 7.16. The molecule has 0 unspecified atom stereocenters. The lowest BCUT2D eigenvalue weighted by atomic mass is 10.1. The minimum Gasteiger partial charge on any atom is -0.326 e. The van der Waals surface area contributed by atoms with E-state index in [0.717, 1.165) is 22.5 Å². The molecule has 3 aromatic rings. The highest BCUT2D eigenvalue weighted by Crippen LogP contribution is 2.16. The number of nitrogens with zero attached hydrogens (tertiary/aromatic N) is 2. The van der Waals surface area contributed by atoms with Crippen molar-refractivity contribution in [1.82, 2.24) is 9.55 Å². The second kappa shape index (κ2) is 6.75. The molecule has 0 radical (unpaired) electrons. The number of carbonyl (C=O) groups excluding carboxylic acids is 1. The van der Waals surface area contributed by atoms with E-state index in [9.17, 15) is 9.59 Å². The summed E-state index contributed by atoms with van der Waals surface area (Å²) in [5.74, 6) is -0.108. The van der Waals surface area contributed by atoms with Crippen LogP contribution in [0.1, 0.15) is 18.9 Å². The quantitative estimate of drug-likeness (QED) is 0.783. The summed E-state index contributed by atoms with van der Waals surface area (Å²) in [5.41, 5.74) is 1.83. The second-order valence-corrected chi connectivity index (χ2v) is 6.09. The Labute approximate surface area is 137 Å². The van der Waals surface area contributed by atoms with Gasteiger partial charge in [0.1, 0.15) is 4.83 Å². The van der Waals surface area contributed by atoms with Crippen molar-refractivity contribution in [3.63, 3.8) is 0 Å². The maximum absolute atomic E-state index is 12.3. The summed E-state index contributed by atoms with van der Waals surface area (Å²) < 4.78 is 1.49. The van der Waals surface area contributed by atoms with Gasteiger partial charge in [-0.25, -0.2) is 4.98 Å². The molecule has 0 aliphatic heterocycles. The molecule has 2 heterocycles. The van der Waals surface area contributed by atoms with Crippen LogP contribution in [0.3, 0.4) is 0 Å². The van der Waals surface area contributed by atoms with E-state index in [2.05, 4.69) is 10.3 Å². The molecule has 0 aliphatic carbocycles. The molecule has 0 saturated carbocycles. The van der Waals surface area contributed by atoms with Gasteiger partial charge in [-0.3, -0.25) is 14.2 Å². The monoisotopic (exact) mass is 327 g/mol. The van der Waals surface area contributed by atoms with E-state index in [1.165, 1.54) is 22.2 Å². The average molecular weight is 327 g/mol. The molecule has 2 aromatic heterocycles. The largest absolute Gasteiger partial charge is 0.326 e. The molecule has 118 valence electrons. The van der Waals surface area contributed by atoms with Crippen LogP contribution in [-0.4, -0.2) is 15.5 Å². The van der Waals surface area contributed by atoms with Crippen LogP contribution in [-0.2, 0) is 17.8 Å². The minimum absolute atomic E-state index is 0.0991. The van der Waals surface area contributed by atoms with E-state index in [4.69, 9.17) is 0 Å². The predicted molar refractivity (Wildman–Crippen MR) is 92.9 cm³/mol. The Morgan fingerprint density at radius 1 is 1.30 bits per heavy atom. The van der Waals surface area contributed by atoms with Crippen molar-refractivity contribution in [3.05, 3.63) is 58.0 Å². The summed E-state index contributed by atoms with van der Waals surface area (Å²) in [5, 5.41) is 5.36. The number of hydrogen-bond donors (Lipinski definition) is 1. The molecular formula is C17H17N3O2S. The fourth-order valence-electron chi connectivity index (χ4n) is 2.44. The molecule has 0 fully saturated rings. The summed E-state index contributed by atoms with van der Waals surface area (Å²) in [6.07, 6.45) is 2.60. The number of rotatable bonds is 5. The first kappa shape index (κ1) is 15.4. The molecule has 1 amide bonds. The summed E-state index contributed by atoms with van der Waals surface area (Å²) in [4.78, 5) is 29.4. The van der Waals surface area contributed by atoms with Crippen LogP contribution in [0.2, 0.25) is 0 Å². The number of fused-ring (bicyclic) bond motifs is 1. The molecular weight excluding hydrogens is 310 g/mol. The van der Waals surface area contributed by atoms with Gasteiger partial charge in [-0.2, -0.15) is 0 Å². The standard InChI is InChI=1S/C17H17N3O2S/c1-2-12-5-3-4-6-14(12)19-15(21)7-9-20-11-18-16-13(17(20)22)8-10-23-16/h3-6,8,10-11H,2,7,9H2,1H3,(H,19,21). The van der Waals surface area contributed by atoms with Gasteiger partial charge in [0, 0.05) is 18.7 Å². The summed E-state index contributed by atoms with van der Waals surface area (Å²) >= 11 is 1.44. The van der Waals surface area contributed by atoms with Crippen molar-refractivity contribution in [1.29, 1.82) is 0 Å². The molecule has 0 atom stereocenters. The summed E-state index contributed by atoms with van der Waals surface area (Å²) in [7, 11) is 0. The number of benzene rings is 1. The molecule has 0 bridgehead atoms. The van der Waals surface area contributed by atoms with Crippen molar-refractivity contribution in [3.8, 4) is 0 Å². The molecule has 3 rings (SSSR count). The normalized spacial score (nSPS) is 10.8. The van der Waals surface area contributed by atoms with Crippen LogP contribution in [0.4, 0.5) is 5.69 Å². The second-order valence-electron chi connectivity index (χ2n) is 5.19. The fourth-order valence-corrected chi connectivity index (χ4v) is 3.16. The molecule has 1 aromatic carbocycles. The van der Waals surface area contributed by atoms with Crippen LogP contribution in [0.15, 0.2) is 46.8 Å². The smallest absolute Gasteiger partial charge is 0.262 e. The highest BCUT2D eigenvalue weighted by Gasteiger charge is 2.09. The molecule has 0 aliphatic rings. The van der Waals surface area contributed by atoms with Gasteiger partial charge in [0.25, 0.3) is 5.56 Å². The molecule has 5 nitrogen and oxygen atoms in total. The van der Waals surface area contributed by atoms with Gasteiger partial charge in [-0.05, 0) is 29.5 Å². The third-order valence-electron chi connectivity index (χ3n) is 3.70. The van der Waals surface area contributed by atoms with Crippen molar-refractivity contribution in [2.45, 2.75) is 26.3 Å². The van der Waals surface area contributed by atoms with Gasteiger partial charge in [-0.1, -0.05) is 25.1 Å². The lowest BCUT2D eigenvalue weighted by molar-refractivity contribution is -0.116. The Hall–Kier alpha value is -2.47. The maximum Gasteiger partial charge on any atom is 0.262 e. The molecule has 23 heavy (non-hydrogen) atoms. The van der Waals surface area contributed by atoms with E-state index < -0.39 is 0 Å². The van der Waals surface area contributed by atoms with Crippen LogP contribution in [0, 0.1) is 0 Å². The minimum atomic E-state index is -0.108. The maximum atomic E-state index is 12.3. The van der Waals surface area contributed by atoms with E-state index in [1.807, 2.05) is 36.6 Å². The zero-order valence-electron chi connectivity index (χ0n) is 12.8. The topological polar surface area (TPSA) is 64.0 Å². The highest BCUT2D eigenvalue weighted by atomic mass is 32.1. The molecule has 1 N–H and O–H groups in total. The first-order valence-electron chi connectivity index (χ1n) is 7.49. The Morgan fingerprint density at radius 3 is 2.96 bits per heavy atom. The van der Waals surface area contributed by atoms with Crippen LogP contribution in [0.5, 0.6) is 0 Å². The zero-order chi connectivity index (χ0) is 16.2. The number of anilines is 1. The number of thiophene rings is 1. The van der Waals surface area contributed by atoms with E-state index in [1.54, 1.807) is 6.07 Å². The molecule has 0 spiro atoms. The Kier molecular flexibility index (Phi) is 4.52. The molecule has 0 saturated heterocycles. The third-order valence-corrected chi connectivity index (χ3v) is 4.52. The van der Waals surface area contributed by atoms with Gasteiger partial charge in [0.15, 0.2) is 0 Å². The average Bonchev–Trinajstić information content (AvgIpc) is 3.04. The number of para-hydroxylation sites is 1. The van der Waals surface area contributed by atoms with Crippen molar-refractivity contribution < 1.29 is 4.79 Å². The van der Waals surface area contributed by atoms with Gasteiger partial charge < -0.3 is 5.32 Å². The third kappa shape index (κ3) is 3.32. The number of carbonyl (C=O) groups is 1. The predicted octanol–water partition coefficient (Wildman–Crippen LogP) is 3.05. The van der Waals surface area contributed by atoms with E-state index in [-0.39, 0.29) is 17.9 Å². The van der Waals surface area contributed by atoms with Gasteiger partial charge in [-0.15, -0.1) is 11.3 Å². The van der Waals surface area contributed by atoms with Crippen molar-refractivity contribution in [2.24, 2.45) is 0 Å². The van der Waals surface area contributed by atoms with Crippen molar-refractivity contribution in [2.75, 3.05) is 5.32 Å². The SMILES string of the molecule is CCc1ccccc1NC(=O)CCn1cnc2sccc2c1=O. The first-order chi connectivity index (χ1) is 11.2. The molecule has 6 heteroatoms. The Bertz CT molecular complexity index is 898. The van der Waals surface area contributed by atoms with E-state index >= 15 is 0 Å². The van der Waals surface area contributed by atoms with Gasteiger partial charge in [0.2, 0.25) is 5.91 Å². The van der Waals surface area contributed by atoms with Gasteiger partial charge >= 0.3 is 0 Å². The number of aromatic nitrogens is 2. The Balaban J connectivity index is 1.68. The van der Waals surface area contributed by atoms with Crippen LogP contribution in [0.25, 0.3) is 10.2 Å². The fraction of sp³-hybridized carbons (Fsp3) is 0.235. The van der Waals surface area contributed by atoms with Crippen molar-refractivity contribution >= 4 is 33.1 Å². The van der Waals surface area contributed by atoms with Crippen LogP contribution >= 0.6 is 11.3 Å². The number of nitrogens with one attached hydrogen (secondary N) is 1. The van der Waals surface area contributed by atoms with Crippen LogP contribution < -0.4 is 10.9 Å². The first-order valence-corrected chi connectivity index (χ1v) is 8.37. The lowest BCUT2D eigenvalue weighted by Crippen LogP contribution is -2.23. The number of amides is 1. The summed E-state index contributed by atoms with van der Waals surface area (Å²) in [6.45, 7) is 2.37. The summed E-state index contributed by atoms with van der Waals surface area (Å²) in [6, 6.07) is 9.50. The lowest BCUT2D eigenvalue weighted by Gasteiger charge is -2.10.